The van der Waals surface area contributed by atoms with Crippen molar-refractivity contribution in [3.63, 3.8) is 0 Å². The molecule has 0 radical (unpaired) electrons. The van der Waals surface area contributed by atoms with Crippen LogP contribution in [0.15, 0.2) is 44.6 Å². The van der Waals surface area contributed by atoms with Crippen molar-refractivity contribution in [1.29, 1.82) is 0 Å². The van der Waals surface area contributed by atoms with Gasteiger partial charge < -0.3 is 8.83 Å². The molecule has 0 saturated heterocycles. The van der Waals surface area contributed by atoms with Crippen molar-refractivity contribution in [2.45, 2.75) is 12.1 Å². The Kier molecular flexibility index (Phi) is 4.24. The molecule has 1 aromatic carbocycles. The molecule has 3 rings (SSSR count). The van der Waals surface area contributed by atoms with E-state index in [1.165, 1.54) is 12.3 Å². The van der Waals surface area contributed by atoms with Gasteiger partial charge in [0.1, 0.15) is 5.76 Å². The van der Waals surface area contributed by atoms with Gasteiger partial charge in [0.2, 0.25) is 0 Å². The van der Waals surface area contributed by atoms with Crippen molar-refractivity contribution in [1.82, 2.24) is 10.2 Å². The van der Waals surface area contributed by atoms with Crippen LogP contribution in [-0.2, 0) is 0 Å². The molecule has 2 aromatic heterocycles. The Hall–Kier alpha value is -2.48. The Labute approximate surface area is 133 Å². The van der Waals surface area contributed by atoms with Gasteiger partial charge in [0.25, 0.3) is 11.1 Å². The minimum Gasteiger partial charge on any atom is -0.469 e. The normalized spacial score (nSPS) is 10.9. The van der Waals surface area contributed by atoms with Gasteiger partial charge in [-0.25, -0.2) is 8.78 Å². The molecule has 0 aliphatic heterocycles. The predicted molar refractivity (Wildman–Crippen MR) is 78.1 cm³/mol. The summed E-state index contributed by atoms with van der Waals surface area (Å²) in [4.78, 5) is 12.0. The quantitative estimate of drug-likeness (QED) is 0.520. The Balaban J connectivity index is 1.66. The summed E-state index contributed by atoms with van der Waals surface area (Å²) in [6, 6.07) is 4.71. The number of aromatic nitrogens is 2. The third-order valence-electron chi connectivity index (χ3n) is 3.06. The summed E-state index contributed by atoms with van der Waals surface area (Å²) in [5.41, 5.74) is 0.762. The summed E-state index contributed by atoms with van der Waals surface area (Å²) in [6.07, 6.45) is 1.51. The Morgan fingerprint density at radius 2 is 2.04 bits per heavy atom. The van der Waals surface area contributed by atoms with Gasteiger partial charge in [-0.1, -0.05) is 11.8 Å². The van der Waals surface area contributed by atoms with Crippen molar-refractivity contribution in [2.24, 2.45) is 0 Å². The van der Waals surface area contributed by atoms with Crippen molar-refractivity contribution in [3.8, 4) is 11.5 Å². The van der Waals surface area contributed by atoms with E-state index in [4.69, 9.17) is 8.83 Å². The number of carbonyl (C=O) groups is 1. The van der Waals surface area contributed by atoms with Crippen molar-refractivity contribution < 1.29 is 22.4 Å². The molecule has 0 amide bonds. The van der Waals surface area contributed by atoms with E-state index in [9.17, 15) is 13.6 Å². The summed E-state index contributed by atoms with van der Waals surface area (Å²) in [7, 11) is 0. The molecule has 0 aliphatic rings. The number of hydrogen-bond donors (Lipinski definition) is 0. The molecule has 8 heteroatoms. The molecule has 3 aromatic rings. The first-order chi connectivity index (χ1) is 11.0. The zero-order valence-electron chi connectivity index (χ0n) is 11.9. The second kappa shape index (κ2) is 6.33. The van der Waals surface area contributed by atoms with Gasteiger partial charge in [-0.2, -0.15) is 0 Å². The molecule has 23 heavy (non-hydrogen) atoms. The van der Waals surface area contributed by atoms with E-state index >= 15 is 0 Å². The van der Waals surface area contributed by atoms with Gasteiger partial charge in [0, 0.05) is 5.56 Å². The second-order valence-electron chi connectivity index (χ2n) is 4.60. The van der Waals surface area contributed by atoms with E-state index < -0.39 is 11.6 Å². The average Bonchev–Trinajstić information content (AvgIpc) is 3.16. The number of ketones is 1. The number of furan rings is 1. The second-order valence-corrected chi connectivity index (χ2v) is 5.53. The lowest BCUT2D eigenvalue weighted by Gasteiger charge is -2.00. The van der Waals surface area contributed by atoms with E-state index in [1.54, 1.807) is 13.0 Å². The maximum atomic E-state index is 13.1. The molecule has 0 unspecified atom stereocenters. The maximum Gasteiger partial charge on any atom is 0.277 e. The molecule has 2 heterocycles. The first-order valence-corrected chi connectivity index (χ1v) is 7.52. The Bertz CT molecular complexity index is 860. The smallest absolute Gasteiger partial charge is 0.277 e. The summed E-state index contributed by atoms with van der Waals surface area (Å²) < 4.78 is 36.6. The van der Waals surface area contributed by atoms with Gasteiger partial charge in [0.05, 0.1) is 17.6 Å². The van der Waals surface area contributed by atoms with Crippen LogP contribution in [0.5, 0.6) is 0 Å². The van der Waals surface area contributed by atoms with Gasteiger partial charge in [0.15, 0.2) is 17.4 Å². The maximum absolute atomic E-state index is 13.1. The number of nitrogens with zero attached hydrogens (tertiary/aromatic N) is 2. The lowest BCUT2D eigenvalue weighted by Crippen LogP contribution is -2.03. The molecule has 0 atom stereocenters. The van der Waals surface area contributed by atoms with E-state index in [2.05, 4.69) is 10.2 Å². The minimum absolute atomic E-state index is 0.0307. The van der Waals surface area contributed by atoms with Crippen molar-refractivity contribution >= 4 is 17.5 Å². The lowest BCUT2D eigenvalue weighted by molar-refractivity contribution is 0.102. The molecule has 118 valence electrons. The molecule has 5 nitrogen and oxygen atoms in total. The van der Waals surface area contributed by atoms with Crippen LogP contribution in [0.3, 0.4) is 0 Å². The number of rotatable bonds is 5. The van der Waals surface area contributed by atoms with Gasteiger partial charge in [-0.05, 0) is 31.2 Å². The zero-order chi connectivity index (χ0) is 16.4. The molecule has 0 saturated carbocycles. The molecule has 0 aliphatic carbocycles. The highest BCUT2D eigenvalue weighted by molar-refractivity contribution is 7.99. The Morgan fingerprint density at radius 1 is 1.22 bits per heavy atom. The molecule has 0 fully saturated rings. The highest BCUT2D eigenvalue weighted by Crippen LogP contribution is 2.26. The number of thioether (sulfide) groups is 1. The highest BCUT2D eigenvalue weighted by Gasteiger charge is 2.15. The molecular weight excluding hydrogens is 326 g/mol. The fourth-order valence-electron chi connectivity index (χ4n) is 1.86. The Morgan fingerprint density at radius 3 is 2.74 bits per heavy atom. The number of aryl methyl sites for hydroxylation is 1. The SMILES string of the molecule is Cc1occc1-c1nnc(SCC(=O)c2ccc(F)c(F)c2)o1. The zero-order valence-corrected chi connectivity index (χ0v) is 12.7. The van der Waals surface area contributed by atoms with E-state index in [0.717, 1.165) is 23.9 Å². The summed E-state index contributed by atoms with van der Waals surface area (Å²) >= 11 is 1.02. The average molecular weight is 336 g/mol. The fraction of sp³-hybridized carbons (Fsp3) is 0.133. The first kappa shape index (κ1) is 15.4. The largest absolute Gasteiger partial charge is 0.469 e. The fourth-order valence-corrected chi connectivity index (χ4v) is 2.52. The van der Waals surface area contributed by atoms with E-state index in [-0.39, 0.29) is 22.3 Å². The lowest BCUT2D eigenvalue weighted by atomic mass is 10.1. The summed E-state index contributed by atoms with van der Waals surface area (Å²) in [5.74, 6) is -1.52. The standard InChI is InChI=1S/C15H10F2N2O3S/c1-8-10(4-5-21-8)14-18-19-15(22-14)23-7-13(20)9-2-3-11(16)12(17)6-9/h2-6H,7H2,1H3. The number of halogens is 2. The molecule has 0 N–H and O–H groups in total. The monoisotopic (exact) mass is 336 g/mol. The van der Waals surface area contributed by atoms with Crippen LogP contribution in [0.4, 0.5) is 8.78 Å². The topological polar surface area (TPSA) is 69.1 Å². The van der Waals surface area contributed by atoms with Crippen LogP contribution in [0, 0.1) is 18.6 Å². The molecule has 0 spiro atoms. The molecule has 0 bridgehead atoms. The minimum atomic E-state index is -1.06. The number of carbonyl (C=O) groups excluding carboxylic acids is 1. The van der Waals surface area contributed by atoms with Crippen LogP contribution < -0.4 is 0 Å². The number of Topliss-reactive ketones (excluding diaryl/α,β-unsaturated/α-hetero) is 1. The molecular formula is C15H10F2N2O3S. The first-order valence-electron chi connectivity index (χ1n) is 6.53. The summed E-state index contributed by atoms with van der Waals surface area (Å²) in [6.45, 7) is 1.76. The number of hydrogen-bond acceptors (Lipinski definition) is 6. The van der Waals surface area contributed by atoms with Crippen molar-refractivity contribution in [2.75, 3.05) is 5.75 Å². The van der Waals surface area contributed by atoms with Crippen LogP contribution in [0.25, 0.3) is 11.5 Å². The van der Waals surface area contributed by atoms with Crippen LogP contribution in [0.1, 0.15) is 16.1 Å². The third-order valence-corrected chi connectivity index (χ3v) is 3.88. The van der Waals surface area contributed by atoms with Crippen molar-refractivity contribution in [3.05, 3.63) is 53.5 Å². The predicted octanol–water partition coefficient (Wildman–Crippen LogP) is 3.89. The summed E-state index contributed by atoms with van der Waals surface area (Å²) in [5, 5.41) is 7.91. The van der Waals surface area contributed by atoms with Gasteiger partial charge >= 0.3 is 0 Å². The van der Waals surface area contributed by atoms with E-state index in [0.29, 0.717) is 17.2 Å². The van der Waals surface area contributed by atoms with Gasteiger partial charge in [-0.3, -0.25) is 4.79 Å². The van der Waals surface area contributed by atoms with Gasteiger partial charge in [-0.15, -0.1) is 10.2 Å². The van der Waals surface area contributed by atoms with Crippen LogP contribution in [0.2, 0.25) is 0 Å². The van der Waals surface area contributed by atoms with Crippen LogP contribution >= 0.6 is 11.8 Å². The highest BCUT2D eigenvalue weighted by atomic mass is 32.2. The van der Waals surface area contributed by atoms with Crippen LogP contribution in [-0.4, -0.2) is 21.7 Å². The third kappa shape index (κ3) is 3.31. The number of benzene rings is 1. The van der Waals surface area contributed by atoms with E-state index in [1.807, 2.05) is 0 Å².